The van der Waals surface area contributed by atoms with Crippen LogP contribution in [0.1, 0.15) is 28.3 Å². The van der Waals surface area contributed by atoms with Crippen molar-refractivity contribution in [3.8, 4) is 11.5 Å². The van der Waals surface area contributed by atoms with Gasteiger partial charge in [0.1, 0.15) is 29.7 Å². The Labute approximate surface area is 218 Å². The summed E-state index contributed by atoms with van der Waals surface area (Å²) in [5, 5.41) is 21.8. The predicted molar refractivity (Wildman–Crippen MR) is 141 cm³/mol. The molecule has 0 radical (unpaired) electrons. The van der Waals surface area contributed by atoms with E-state index in [0.29, 0.717) is 23.5 Å². The van der Waals surface area contributed by atoms with Gasteiger partial charge in [-0.1, -0.05) is 54.6 Å². The molecule has 0 spiro atoms. The van der Waals surface area contributed by atoms with Crippen LogP contribution in [0.15, 0.2) is 103 Å². The standard InChI is InChI=1S/C31H24FNO5/c1-19-17-22(13-16-26(19)38-18-20-7-3-2-4-8-20)29(35)27-28(21-11-14-23(32)15-12-21)33(31(37)30(27)36)24-9-5-6-10-25(24)34/h2-17,28,34-35H,18H2,1H3/b29-27-. The van der Waals surface area contributed by atoms with Crippen molar-refractivity contribution >= 4 is 23.1 Å². The van der Waals surface area contributed by atoms with E-state index in [2.05, 4.69) is 0 Å². The maximum absolute atomic E-state index is 13.7. The summed E-state index contributed by atoms with van der Waals surface area (Å²) in [7, 11) is 0. The number of ketones is 1. The Bertz CT molecular complexity index is 1550. The number of ether oxygens (including phenoxy) is 1. The smallest absolute Gasteiger partial charge is 0.300 e. The molecule has 7 heteroatoms. The van der Waals surface area contributed by atoms with Gasteiger partial charge >= 0.3 is 0 Å². The zero-order valence-electron chi connectivity index (χ0n) is 20.5. The second-order valence-corrected chi connectivity index (χ2v) is 8.96. The zero-order valence-corrected chi connectivity index (χ0v) is 20.5. The maximum Gasteiger partial charge on any atom is 0.300 e. The number of hydrogen-bond donors (Lipinski definition) is 2. The molecule has 1 heterocycles. The summed E-state index contributed by atoms with van der Waals surface area (Å²) in [4.78, 5) is 27.6. The Kier molecular flexibility index (Phi) is 6.66. The minimum atomic E-state index is -1.08. The van der Waals surface area contributed by atoms with Gasteiger partial charge in [0, 0.05) is 5.56 Å². The van der Waals surface area contributed by atoms with E-state index in [4.69, 9.17) is 4.74 Å². The van der Waals surface area contributed by atoms with Gasteiger partial charge in [0.05, 0.1) is 17.3 Å². The van der Waals surface area contributed by atoms with Crippen molar-refractivity contribution in [2.24, 2.45) is 0 Å². The first kappa shape index (κ1) is 24.8. The van der Waals surface area contributed by atoms with Crippen LogP contribution in [-0.4, -0.2) is 21.9 Å². The van der Waals surface area contributed by atoms with Crippen molar-refractivity contribution in [3.05, 3.63) is 131 Å². The van der Waals surface area contributed by atoms with Gasteiger partial charge in [0.2, 0.25) is 0 Å². The number of aryl methyl sites for hydroxylation is 1. The fourth-order valence-electron chi connectivity index (χ4n) is 4.56. The molecule has 38 heavy (non-hydrogen) atoms. The molecule has 1 aliphatic heterocycles. The average Bonchev–Trinajstić information content (AvgIpc) is 3.18. The third-order valence-electron chi connectivity index (χ3n) is 6.46. The number of carbonyl (C=O) groups excluding carboxylic acids is 2. The van der Waals surface area contributed by atoms with Gasteiger partial charge < -0.3 is 14.9 Å². The van der Waals surface area contributed by atoms with E-state index in [1.54, 1.807) is 30.3 Å². The highest BCUT2D eigenvalue weighted by Gasteiger charge is 2.47. The lowest BCUT2D eigenvalue weighted by atomic mass is 9.94. The van der Waals surface area contributed by atoms with Crippen LogP contribution in [0.3, 0.4) is 0 Å². The molecule has 0 aromatic heterocycles. The molecule has 0 aliphatic carbocycles. The summed E-state index contributed by atoms with van der Waals surface area (Å²) in [5.74, 6) is -2.31. The number of anilines is 1. The molecule has 1 aliphatic rings. The lowest BCUT2D eigenvalue weighted by molar-refractivity contribution is -0.132. The molecular weight excluding hydrogens is 485 g/mol. The molecular formula is C31H24FNO5. The van der Waals surface area contributed by atoms with Gasteiger partial charge in [-0.25, -0.2) is 4.39 Å². The SMILES string of the molecule is Cc1cc(/C(O)=C2/C(=O)C(=O)N(c3ccccc3O)C2c2ccc(F)cc2)ccc1OCc1ccccc1. The number of halogens is 1. The highest BCUT2D eigenvalue weighted by atomic mass is 19.1. The van der Waals surface area contributed by atoms with Gasteiger partial charge in [-0.15, -0.1) is 0 Å². The fourth-order valence-corrected chi connectivity index (χ4v) is 4.56. The number of aromatic hydroxyl groups is 1. The second kappa shape index (κ2) is 10.2. The first-order chi connectivity index (χ1) is 18.3. The molecule has 2 N–H and O–H groups in total. The summed E-state index contributed by atoms with van der Waals surface area (Å²) in [6.07, 6.45) is 0. The summed E-state index contributed by atoms with van der Waals surface area (Å²) >= 11 is 0. The van der Waals surface area contributed by atoms with Crippen molar-refractivity contribution in [1.82, 2.24) is 0 Å². The molecule has 1 saturated heterocycles. The average molecular weight is 510 g/mol. The first-order valence-corrected chi connectivity index (χ1v) is 12.0. The molecule has 1 amide bonds. The Hall–Kier alpha value is -4.91. The van der Waals surface area contributed by atoms with Crippen LogP contribution >= 0.6 is 0 Å². The van der Waals surface area contributed by atoms with Crippen LogP contribution in [0.4, 0.5) is 10.1 Å². The van der Waals surface area contributed by atoms with E-state index in [1.807, 2.05) is 37.3 Å². The maximum atomic E-state index is 13.7. The number of hydrogen-bond acceptors (Lipinski definition) is 5. The lowest BCUT2D eigenvalue weighted by Crippen LogP contribution is -2.29. The monoisotopic (exact) mass is 509 g/mol. The van der Waals surface area contributed by atoms with E-state index in [9.17, 15) is 24.2 Å². The molecule has 0 bridgehead atoms. The normalized spacial score (nSPS) is 16.6. The Morgan fingerprint density at radius 1 is 0.921 bits per heavy atom. The van der Waals surface area contributed by atoms with Crippen LogP contribution < -0.4 is 9.64 Å². The third kappa shape index (κ3) is 4.62. The number of carbonyl (C=O) groups is 2. The van der Waals surface area contributed by atoms with Gasteiger partial charge in [-0.2, -0.15) is 0 Å². The Morgan fingerprint density at radius 2 is 1.61 bits per heavy atom. The second-order valence-electron chi connectivity index (χ2n) is 8.96. The number of aliphatic hydroxyl groups is 1. The molecule has 0 saturated carbocycles. The predicted octanol–water partition coefficient (Wildman–Crippen LogP) is 6.05. The molecule has 190 valence electrons. The van der Waals surface area contributed by atoms with Crippen molar-refractivity contribution in [2.45, 2.75) is 19.6 Å². The topological polar surface area (TPSA) is 87.1 Å². The number of benzene rings is 4. The van der Waals surface area contributed by atoms with E-state index >= 15 is 0 Å². The number of amides is 1. The van der Waals surface area contributed by atoms with E-state index < -0.39 is 23.5 Å². The highest BCUT2D eigenvalue weighted by molar-refractivity contribution is 6.51. The van der Waals surface area contributed by atoms with Crippen LogP contribution in [0.25, 0.3) is 5.76 Å². The van der Waals surface area contributed by atoms with Gasteiger partial charge in [0.25, 0.3) is 11.7 Å². The summed E-state index contributed by atoms with van der Waals surface area (Å²) in [6.45, 7) is 2.18. The number of Topliss-reactive ketones (excluding diaryl/α,β-unsaturated/α-hetero) is 1. The van der Waals surface area contributed by atoms with Crippen molar-refractivity contribution in [3.63, 3.8) is 0 Å². The Balaban J connectivity index is 1.57. The van der Waals surface area contributed by atoms with Crippen LogP contribution in [-0.2, 0) is 16.2 Å². The lowest BCUT2D eigenvalue weighted by Gasteiger charge is -2.26. The molecule has 4 aromatic rings. The van der Waals surface area contributed by atoms with Crippen molar-refractivity contribution < 1.29 is 28.9 Å². The van der Waals surface area contributed by atoms with Gasteiger partial charge in [0.15, 0.2) is 0 Å². The number of phenols is 1. The minimum Gasteiger partial charge on any atom is -0.507 e. The van der Waals surface area contributed by atoms with Gasteiger partial charge in [-0.3, -0.25) is 14.5 Å². The number of rotatable bonds is 6. The first-order valence-electron chi connectivity index (χ1n) is 12.0. The van der Waals surface area contributed by atoms with E-state index in [1.165, 1.54) is 36.4 Å². The van der Waals surface area contributed by atoms with Crippen LogP contribution in [0.5, 0.6) is 11.5 Å². The number of para-hydroxylation sites is 2. The number of phenolic OH excluding ortho intramolecular Hbond substituents is 1. The third-order valence-corrected chi connectivity index (χ3v) is 6.46. The Morgan fingerprint density at radius 3 is 2.29 bits per heavy atom. The van der Waals surface area contributed by atoms with Crippen LogP contribution in [0.2, 0.25) is 0 Å². The highest BCUT2D eigenvalue weighted by Crippen LogP contribution is 2.44. The molecule has 1 unspecified atom stereocenters. The quantitative estimate of drug-likeness (QED) is 0.188. The molecule has 6 nitrogen and oxygen atoms in total. The summed E-state index contributed by atoms with van der Waals surface area (Å²) in [6, 6.07) is 25.0. The zero-order chi connectivity index (χ0) is 26.8. The van der Waals surface area contributed by atoms with E-state index in [0.717, 1.165) is 16.0 Å². The molecule has 4 aromatic carbocycles. The van der Waals surface area contributed by atoms with Gasteiger partial charge in [-0.05, 0) is 66.1 Å². The number of aliphatic hydroxyl groups excluding tert-OH is 1. The molecule has 5 rings (SSSR count). The van der Waals surface area contributed by atoms with Crippen LogP contribution in [0, 0.1) is 12.7 Å². The van der Waals surface area contributed by atoms with Crippen molar-refractivity contribution in [1.29, 1.82) is 0 Å². The van der Waals surface area contributed by atoms with E-state index in [-0.39, 0.29) is 22.8 Å². The minimum absolute atomic E-state index is 0.101. The summed E-state index contributed by atoms with van der Waals surface area (Å²) in [5.41, 5.74) is 2.37. The molecule has 1 fully saturated rings. The summed E-state index contributed by atoms with van der Waals surface area (Å²) < 4.78 is 19.6. The number of nitrogens with zero attached hydrogens (tertiary/aromatic N) is 1. The largest absolute Gasteiger partial charge is 0.507 e. The fraction of sp³-hybridized carbons (Fsp3) is 0.0968. The molecule has 1 atom stereocenters. The van der Waals surface area contributed by atoms with Crippen molar-refractivity contribution in [2.75, 3.05) is 4.90 Å².